The fraction of sp³-hybridized carbons (Fsp3) is 0.211. The molecule has 2 aromatic rings. The molecule has 1 aliphatic rings. The Hall–Kier alpha value is -3.02. The molecular weight excluding hydrogens is 453 g/mol. The summed E-state index contributed by atoms with van der Waals surface area (Å²) >= 11 is 5.83. The van der Waals surface area contributed by atoms with Crippen molar-refractivity contribution in [2.45, 2.75) is 4.90 Å². The third kappa shape index (κ3) is 5.78. The molecular formula is C19H19ClFN3O6S. The van der Waals surface area contributed by atoms with Gasteiger partial charge in [-0.25, -0.2) is 17.8 Å². The molecule has 0 fully saturated rings. The number of methoxy groups -OCH3 is 1. The van der Waals surface area contributed by atoms with Crippen molar-refractivity contribution in [3.8, 4) is 11.5 Å². The molecule has 2 N–H and O–H groups in total. The van der Waals surface area contributed by atoms with Crippen LogP contribution in [0.3, 0.4) is 0 Å². The topological polar surface area (TPSA) is 110 Å². The quantitative estimate of drug-likeness (QED) is 0.607. The second-order valence-electron chi connectivity index (χ2n) is 6.06. The first-order valence-corrected chi connectivity index (χ1v) is 10.8. The van der Waals surface area contributed by atoms with E-state index in [0.717, 1.165) is 11.1 Å². The van der Waals surface area contributed by atoms with Crippen LogP contribution in [-0.4, -0.2) is 51.5 Å². The number of rotatable bonds is 8. The third-order valence-corrected chi connectivity index (χ3v) is 5.54. The minimum Gasteiger partial charge on any atom is -0.493 e. The van der Waals surface area contributed by atoms with Crippen molar-refractivity contribution in [3.63, 3.8) is 0 Å². The maximum absolute atomic E-state index is 13.7. The molecule has 0 saturated carbocycles. The summed E-state index contributed by atoms with van der Waals surface area (Å²) in [6.07, 6.45) is 1.28. The summed E-state index contributed by atoms with van der Waals surface area (Å²) in [6, 6.07) is 9.21. The molecule has 0 amide bonds. The second-order valence-corrected chi connectivity index (χ2v) is 8.18. The molecule has 0 unspecified atom stereocenters. The number of sulfonamides is 1. The highest BCUT2D eigenvalue weighted by Gasteiger charge is 2.25. The van der Waals surface area contributed by atoms with Gasteiger partial charge in [0.1, 0.15) is 12.4 Å². The van der Waals surface area contributed by atoms with Gasteiger partial charge >= 0.3 is 0 Å². The van der Waals surface area contributed by atoms with E-state index in [2.05, 4.69) is 9.71 Å². The summed E-state index contributed by atoms with van der Waals surface area (Å²) in [6.45, 7) is -0.472. The fourth-order valence-electron chi connectivity index (χ4n) is 2.49. The zero-order chi connectivity index (χ0) is 22.4. The van der Waals surface area contributed by atoms with Crippen LogP contribution in [0.1, 0.15) is 0 Å². The highest BCUT2D eigenvalue weighted by molar-refractivity contribution is 7.89. The van der Waals surface area contributed by atoms with Crippen LogP contribution in [0.4, 0.5) is 4.39 Å². The van der Waals surface area contributed by atoms with Crippen molar-refractivity contribution in [1.82, 2.24) is 9.79 Å². The highest BCUT2D eigenvalue weighted by atomic mass is 35.5. The van der Waals surface area contributed by atoms with Crippen LogP contribution in [0.15, 0.2) is 64.2 Å². The van der Waals surface area contributed by atoms with Crippen LogP contribution in [0.25, 0.3) is 0 Å². The van der Waals surface area contributed by atoms with Gasteiger partial charge in [-0.15, -0.1) is 0 Å². The Balaban J connectivity index is 1.90. The molecule has 31 heavy (non-hydrogen) atoms. The number of aliphatic imine (C=N–C) groups is 1. The largest absolute Gasteiger partial charge is 0.493 e. The van der Waals surface area contributed by atoms with E-state index < -0.39 is 15.8 Å². The number of hydrogen-bond acceptors (Lipinski definition) is 8. The number of nitrogens with zero attached hydrogens (tertiary/aromatic N) is 2. The molecule has 166 valence electrons. The van der Waals surface area contributed by atoms with E-state index in [1.165, 1.54) is 49.6 Å². The van der Waals surface area contributed by atoms with Crippen LogP contribution in [-0.2, 0) is 14.8 Å². The number of hydrogen-bond donors (Lipinski definition) is 2. The first-order valence-electron chi connectivity index (χ1n) is 8.89. The van der Waals surface area contributed by atoms with Gasteiger partial charge in [-0.3, -0.25) is 4.72 Å². The molecule has 0 radical (unpaired) electrons. The average molecular weight is 472 g/mol. The van der Waals surface area contributed by atoms with Crippen molar-refractivity contribution in [2.24, 2.45) is 4.99 Å². The zero-order valence-electron chi connectivity index (χ0n) is 16.3. The van der Waals surface area contributed by atoms with Crippen LogP contribution in [0.5, 0.6) is 11.5 Å². The summed E-state index contributed by atoms with van der Waals surface area (Å²) in [7, 11) is -2.65. The number of aliphatic hydroxyl groups is 1. The van der Waals surface area contributed by atoms with Gasteiger partial charge in [-0.2, -0.15) is 5.06 Å². The van der Waals surface area contributed by atoms with Crippen molar-refractivity contribution < 1.29 is 32.2 Å². The molecule has 0 bridgehead atoms. The molecule has 1 heterocycles. The van der Waals surface area contributed by atoms with Gasteiger partial charge in [-0.05, 0) is 36.4 Å². The lowest BCUT2D eigenvalue weighted by atomic mass is 10.3. The smallest absolute Gasteiger partial charge is 0.263 e. The standard InChI is InChI=1S/C19H19ClFN3O6S/c1-28-16-7-4-14(21)10-17(16)30-24-12-22-19(29-9-8-25)11-18(24)23-31(26,27)15-5-2-13(20)3-6-15/h2-7,10-11,23,25H,8-9,12H2,1H3. The molecule has 2 aromatic carbocycles. The van der Waals surface area contributed by atoms with E-state index in [1.54, 1.807) is 0 Å². The van der Waals surface area contributed by atoms with Gasteiger partial charge in [0.15, 0.2) is 24.0 Å². The van der Waals surface area contributed by atoms with Crippen molar-refractivity contribution >= 4 is 27.5 Å². The SMILES string of the molecule is COc1ccc(F)cc1ON1CN=C(OCCO)C=C1NS(=O)(=O)c1ccc(Cl)cc1. The first kappa shape index (κ1) is 22.7. The summed E-state index contributed by atoms with van der Waals surface area (Å²) in [5.74, 6) is -0.310. The molecule has 0 atom stereocenters. The minimum absolute atomic E-state index is 0.00835. The van der Waals surface area contributed by atoms with E-state index in [-0.39, 0.29) is 48.0 Å². The molecule has 1 aliphatic heterocycles. The van der Waals surface area contributed by atoms with Crippen molar-refractivity contribution in [2.75, 3.05) is 27.0 Å². The Morgan fingerprint density at radius 3 is 2.65 bits per heavy atom. The van der Waals surface area contributed by atoms with E-state index in [1.807, 2.05) is 0 Å². The van der Waals surface area contributed by atoms with Crippen LogP contribution in [0, 0.1) is 5.82 Å². The number of ether oxygens (including phenoxy) is 2. The zero-order valence-corrected chi connectivity index (χ0v) is 17.9. The second kappa shape index (κ2) is 9.86. The maximum Gasteiger partial charge on any atom is 0.263 e. The molecule has 12 heteroatoms. The Morgan fingerprint density at radius 2 is 1.97 bits per heavy atom. The van der Waals surface area contributed by atoms with Crippen LogP contribution >= 0.6 is 11.6 Å². The van der Waals surface area contributed by atoms with E-state index in [0.29, 0.717) is 5.02 Å². The van der Waals surface area contributed by atoms with Crippen LogP contribution in [0.2, 0.25) is 5.02 Å². The van der Waals surface area contributed by atoms with Gasteiger partial charge in [0.05, 0.1) is 18.6 Å². The van der Waals surface area contributed by atoms with Crippen LogP contribution < -0.4 is 14.3 Å². The van der Waals surface area contributed by atoms with Crippen molar-refractivity contribution in [1.29, 1.82) is 0 Å². The number of hydroxylamine groups is 2. The summed E-state index contributed by atoms with van der Waals surface area (Å²) in [4.78, 5) is 9.73. The minimum atomic E-state index is -4.03. The molecule has 9 nitrogen and oxygen atoms in total. The van der Waals surface area contributed by atoms with Gasteiger partial charge < -0.3 is 19.4 Å². The Kier molecular flexibility index (Phi) is 7.21. The Labute approximate surface area is 183 Å². The van der Waals surface area contributed by atoms with Crippen molar-refractivity contribution in [3.05, 3.63) is 65.2 Å². The highest BCUT2D eigenvalue weighted by Crippen LogP contribution is 2.29. The van der Waals surface area contributed by atoms with E-state index >= 15 is 0 Å². The number of benzene rings is 2. The Morgan fingerprint density at radius 1 is 1.23 bits per heavy atom. The predicted octanol–water partition coefficient (Wildman–Crippen LogP) is 2.28. The van der Waals surface area contributed by atoms with Gasteiger partial charge in [0.25, 0.3) is 10.0 Å². The monoisotopic (exact) mass is 471 g/mol. The summed E-state index contributed by atoms with van der Waals surface area (Å²) in [5, 5.41) is 10.4. The normalized spacial score (nSPS) is 13.9. The predicted molar refractivity (Wildman–Crippen MR) is 111 cm³/mol. The van der Waals surface area contributed by atoms with Gasteiger partial charge in [0, 0.05) is 17.2 Å². The molecule has 0 aromatic heterocycles. The summed E-state index contributed by atoms with van der Waals surface area (Å²) in [5.41, 5.74) is 0. The molecule has 0 spiro atoms. The lowest BCUT2D eigenvalue weighted by Gasteiger charge is -2.29. The molecule has 3 rings (SSSR count). The van der Waals surface area contributed by atoms with Gasteiger partial charge in [-0.1, -0.05) is 11.6 Å². The summed E-state index contributed by atoms with van der Waals surface area (Å²) < 4.78 is 52.2. The number of aliphatic hydroxyl groups excluding tert-OH is 1. The Bertz CT molecular complexity index is 1090. The number of nitrogens with one attached hydrogen (secondary N) is 1. The first-order chi connectivity index (χ1) is 14.8. The lowest BCUT2D eigenvalue weighted by Crippen LogP contribution is -2.40. The lowest BCUT2D eigenvalue weighted by molar-refractivity contribution is -0.0283. The van der Waals surface area contributed by atoms with E-state index in [9.17, 15) is 12.8 Å². The maximum atomic E-state index is 13.7. The van der Waals surface area contributed by atoms with E-state index in [4.69, 9.17) is 31.0 Å². The third-order valence-electron chi connectivity index (χ3n) is 3.92. The van der Waals surface area contributed by atoms with Gasteiger partial charge in [0.2, 0.25) is 5.90 Å². The molecule has 0 aliphatic carbocycles. The average Bonchev–Trinajstić information content (AvgIpc) is 2.74. The molecule has 0 saturated heterocycles. The fourth-order valence-corrected chi connectivity index (χ4v) is 3.67. The number of halogens is 2.